The molecule has 0 nitrogen and oxygen atoms in total. The lowest BCUT2D eigenvalue weighted by molar-refractivity contribution is 0.695. The van der Waals surface area contributed by atoms with Crippen molar-refractivity contribution in [2.45, 2.75) is 44.4 Å². The van der Waals surface area contributed by atoms with Crippen molar-refractivity contribution in [1.82, 2.24) is 0 Å². The van der Waals surface area contributed by atoms with Gasteiger partial charge >= 0.3 is 0 Å². The van der Waals surface area contributed by atoms with E-state index >= 15 is 0 Å². The van der Waals surface area contributed by atoms with Crippen LogP contribution in [0.4, 0.5) is 0 Å². The minimum absolute atomic E-state index is 0.748. The van der Waals surface area contributed by atoms with Gasteiger partial charge in [0.25, 0.3) is 0 Å². The van der Waals surface area contributed by atoms with Crippen LogP contribution in [0.3, 0.4) is 0 Å². The summed E-state index contributed by atoms with van der Waals surface area (Å²) >= 11 is 3.80. The van der Waals surface area contributed by atoms with Gasteiger partial charge in [0.15, 0.2) is 0 Å². The minimum Gasteiger partial charge on any atom is -0.0888 e. The molecule has 1 aromatic rings. The molecule has 0 N–H and O–H groups in total. The summed E-state index contributed by atoms with van der Waals surface area (Å²) in [5, 5.41) is 0. The maximum atomic E-state index is 3.80. The number of aryl methyl sites for hydroxylation is 3. The fourth-order valence-corrected chi connectivity index (χ4v) is 2.87. The van der Waals surface area contributed by atoms with E-state index in [1.54, 1.807) is 0 Å². The Morgan fingerprint density at radius 2 is 2.07 bits per heavy atom. The normalized spacial score (nSPS) is 17.8. The first kappa shape index (κ1) is 11.2. The molecule has 0 aromatic heterocycles. The van der Waals surface area contributed by atoms with Crippen molar-refractivity contribution in [2.75, 3.05) is 0 Å². The summed E-state index contributed by atoms with van der Waals surface area (Å²) < 4.78 is 0. The fourth-order valence-electron chi connectivity index (χ4n) is 2.11. The number of alkyl halides is 1. The van der Waals surface area contributed by atoms with Crippen molar-refractivity contribution in [3.8, 4) is 0 Å². The Morgan fingerprint density at radius 1 is 1.33 bits per heavy atom. The van der Waals surface area contributed by atoms with Gasteiger partial charge in [0.1, 0.15) is 0 Å². The van der Waals surface area contributed by atoms with Crippen molar-refractivity contribution < 1.29 is 0 Å². The zero-order chi connectivity index (χ0) is 10.8. The molecule has 1 aliphatic rings. The number of hydrogen-bond acceptors (Lipinski definition) is 0. The van der Waals surface area contributed by atoms with Crippen molar-refractivity contribution in [3.63, 3.8) is 0 Å². The van der Waals surface area contributed by atoms with Crippen LogP contribution < -0.4 is 0 Å². The second-order valence-corrected chi connectivity index (χ2v) is 6.00. The second kappa shape index (κ2) is 4.69. The molecule has 1 atom stereocenters. The monoisotopic (exact) mass is 266 g/mol. The van der Waals surface area contributed by atoms with Gasteiger partial charge in [0, 0.05) is 4.83 Å². The van der Waals surface area contributed by atoms with Gasteiger partial charge in [-0.2, -0.15) is 0 Å². The van der Waals surface area contributed by atoms with Crippen molar-refractivity contribution in [3.05, 3.63) is 34.9 Å². The lowest BCUT2D eigenvalue weighted by Gasteiger charge is -2.10. The zero-order valence-corrected chi connectivity index (χ0v) is 11.2. The summed E-state index contributed by atoms with van der Waals surface area (Å²) in [6, 6.07) is 6.80. The molecule has 82 valence electrons. The van der Waals surface area contributed by atoms with Gasteiger partial charge in [0.2, 0.25) is 0 Å². The van der Waals surface area contributed by atoms with Gasteiger partial charge in [-0.05, 0) is 56.6 Å². The maximum absolute atomic E-state index is 3.80. The average Bonchev–Trinajstić information content (AvgIpc) is 2.99. The Bertz CT molecular complexity index is 339. The first-order valence-electron chi connectivity index (χ1n) is 5.87. The van der Waals surface area contributed by atoms with E-state index in [4.69, 9.17) is 0 Å². The molecule has 1 aliphatic carbocycles. The van der Waals surface area contributed by atoms with Crippen LogP contribution in [-0.2, 0) is 6.42 Å². The minimum atomic E-state index is 0.748. The Kier molecular flexibility index (Phi) is 3.50. The Morgan fingerprint density at radius 3 is 2.67 bits per heavy atom. The number of halogens is 1. The lowest BCUT2D eigenvalue weighted by Crippen LogP contribution is -2.03. The third-order valence-corrected chi connectivity index (χ3v) is 4.53. The van der Waals surface area contributed by atoms with E-state index in [0.29, 0.717) is 0 Å². The topological polar surface area (TPSA) is 0 Å². The molecular formula is C14H19Br. The third kappa shape index (κ3) is 3.07. The van der Waals surface area contributed by atoms with Crippen LogP contribution in [-0.4, -0.2) is 4.83 Å². The maximum Gasteiger partial charge on any atom is 0.0177 e. The summed E-state index contributed by atoms with van der Waals surface area (Å²) in [5.74, 6) is 0.968. The molecule has 0 heterocycles. The number of benzene rings is 1. The average molecular weight is 267 g/mol. The van der Waals surface area contributed by atoms with Crippen LogP contribution in [0, 0.1) is 19.8 Å². The number of rotatable bonds is 4. The van der Waals surface area contributed by atoms with Crippen LogP contribution in [0.1, 0.15) is 36.0 Å². The van der Waals surface area contributed by atoms with Crippen LogP contribution >= 0.6 is 15.9 Å². The highest BCUT2D eigenvalue weighted by molar-refractivity contribution is 9.09. The molecule has 1 heteroatoms. The fraction of sp³-hybridized carbons (Fsp3) is 0.571. The summed E-state index contributed by atoms with van der Waals surface area (Å²) in [6.07, 6.45) is 5.37. The molecule has 1 fully saturated rings. The van der Waals surface area contributed by atoms with Crippen molar-refractivity contribution in [1.29, 1.82) is 0 Å². The van der Waals surface area contributed by atoms with Crippen LogP contribution in [0.15, 0.2) is 18.2 Å². The predicted octanol–water partition coefficient (Wildman–Crippen LogP) is 4.41. The van der Waals surface area contributed by atoms with E-state index in [0.717, 1.165) is 10.7 Å². The molecule has 0 amide bonds. The summed E-state index contributed by atoms with van der Waals surface area (Å²) in [5.41, 5.74) is 4.34. The van der Waals surface area contributed by atoms with Gasteiger partial charge in [-0.25, -0.2) is 0 Å². The first-order valence-corrected chi connectivity index (χ1v) is 6.78. The van der Waals surface area contributed by atoms with Gasteiger partial charge in [-0.15, -0.1) is 0 Å². The zero-order valence-electron chi connectivity index (χ0n) is 9.59. The number of hydrogen-bond donors (Lipinski definition) is 0. The summed E-state index contributed by atoms with van der Waals surface area (Å²) in [6.45, 7) is 4.39. The quantitative estimate of drug-likeness (QED) is 0.709. The van der Waals surface area contributed by atoms with Crippen LogP contribution in [0.2, 0.25) is 0 Å². The van der Waals surface area contributed by atoms with Crippen molar-refractivity contribution in [2.24, 2.45) is 5.92 Å². The molecule has 0 saturated heterocycles. The third-order valence-electron chi connectivity index (χ3n) is 3.32. The highest BCUT2D eigenvalue weighted by Gasteiger charge is 2.28. The molecule has 1 unspecified atom stereocenters. The largest absolute Gasteiger partial charge is 0.0888 e. The summed E-state index contributed by atoms with van der Waals surface area (Å²) in [7, 11) is 0. The van der Waals surface area contributed by atoms with Gasteiger partial charge < -0.3 is 0 Å². The molecule has 15 heavy (non-hydrogen) atoms. The first-order chi connectivity index (χ1) is 7.16. The van der Waals surface area contributed by atoms with E-state index in [9.17, 15) is 0 Å². The van der Waals surface area contributed by atoms with E-state index in [1.165, 1.54) is 42.4 Å². The Labute approximate surface area is 101 Å². The molecule has 0 spiro atoms. The van der Waals surface area contributed by atoms with E-state index in [1.807, 2.05) is 0 Å². The molecule has 1 saturated carbocycles. The highest BCUT2D eigenvalue weighted by atomic mass is 79.9. The van der Waals surface area contributed by atoms with E-state index in [2.05, 4.69) is 48.0 Å². The highest BCUT2D eigenvalue weighted by Crippen LogP contribution is 2.38. The van der Waals surface area contributed by atoms with Gasteiger partial charge in [-0.1, -0.05) is 39.7 Å². The molecular weight excluding hydrogens is 248 g/mol. The van der Waals surface area contributed by atoms with Crippen molar-refractivity contribution >= 4 is 15.9 Å². The molecule has 0 radical (unpaired) electrons. The molecule has 0 bridgehead atoms. The van der Waals surface area contributed by atoms with E-state index in [-0.39, 0.29) is 0 Å². The Hall–Kier alpha value is -0.300. The van der Waals surface area contributed by atoms with Gasteiger partial charge in [0.05, 0.1) is 0 Å². The Balaban J connectivity index is 1.92. The van der Waals surface area contributed by atoms with E-state index < -0.39 is 0 Å². The SMILES string of the molecule is Cc1ccc(CCC(Br)C2CC2)c(C)c1. The molecule has 1 aromatic carbocycles. The standard InChI is InChI=1S/C14H19Br/c1-10-3-4-12(11(2)9-10)7-8-14(15)13-5-6-13/h3-4,9,13-14H,5-8H2,1-2H3. The molecule has 0 aliphatic heterocycles. The second-order valence-electron chi connectivity index (χ2n) is 4.82. The van der Waals surface area contributed by atoms with Crippen LogP contribution in [0.5, 0.6) is 0 Å². The predicted molar refractivity (Wildman–Crippen MR) is 69.7 cm³/mol. The van der Waals surface area contributed by atoms with Crippen LogP contribution in [0.25, 0.3) is 0 Å². The lowest BCUT2D eigenvalue weighted by atomic mass is 10.00. The summed E-state index contributed by atoms with van der Waals surface area (Å²) in [4.78, 5) is 0.748. The molecule has 2 rings (SSSR count). The van der Waals surface area contributed by atoms with Gasteiger partial charge in [-0.3, -0.25) is 0 Å². The smallest absolute Gasteiger partial charge is 0.0177 e.